The molecule has 10 heteroatoms. The maximum Gasteiger partial charge on any atom is 0.265 e. The molecule has 2 aromatic carbocycles. The fraction of sp³-hybridized carbons (Fsp3) is 0.182. The van der Waals surface area contributed by atoms with Crippen LogP contribution >= 0.6 is 11.6 Å². The smallest absolute Gasteiger partial charge is 0.265 e. The van der Waals surface area contributed by atoms with Crippen LogP contribution in [-0.2, 0) is 14.8 Å². The Hall–Kier alpha value is -3.30. The monoisotopic (exact) mass is 475 g/mol. The van der Waals surface area contributed by atoms with Gasteiger partial charge in [0.2, 0.25) is 5.91 Å². The predicted octanol–water partition coefficient (Wildman–Crippen LogP) is 4.88. The van der Waals surface area contributed by atoms with Crippen LogP contribution < -0.4 is 14.8 Å². The van der Waals surface area contributed by atoms with Crippen molar-refractivity contribution in [3.63, 3.8) is 0 Å². The number of hydrogen-bond acceptors (Lipinski definition) is 6. The summed E-state index contributed by atoms with van der Waals surface area (Å²) in [5.41, 5.74) is 2.71. The van der Waals surface area contributed by atoms with Crippen molar-refractivity contribution in [3.8, 4) is 5.75 Å². The van der Waals surface area contributed by atoms with E-state index in [1.807, 2.05) is 6.92 Å². The second-order valence-corrected chi connectivity index (χ2v) is 9.06. The molecule has 8 nitrogen and oxygen atoms in total. The first-order valence-electron chi connectivity index (χ1n) is 9.49. The number of nitrogens with one attached hydrogen (secondary N) is 2. The van der Waals surface area contributed by atoms with E-state index in [0.717, 1.165) is 5.56 Å². The fourth-order valence-corrected chi connectivity index (χ4v) is 4.31. The van der Waals surface area contributed by atoms with E-state index >= 15 is 0 Å². The first-order valence-corrected chi connectivity index (χ1v) is 11.4. The third-order valence-corrected chi connectivity index (χ3v) is 6.33. The molecule has 0 unspecified atom stereocenters. The maximum absolute atomic E-state index is 13.0. The van der Waals surface area contributed by atoms with Gasteiger partial charge in [-0.15, -0.1) is 0 Å². The van der Waals surface area contributed by atoms with E-state index in [1.165, 1.54) is 20.1 Å². The SMILES string of the molecule is COc1ccc(C=Cc2onc(C)c2NC(C)=O)cc1S(=O)(=O)Nc1ccc(C)c(Cl)c1. The van der Waals surface area contributed by atoms with Crippen molar-refractivity contribution in [1.29, 1.82) is 0 Å². The lowest BCUT2D eigenvalue weighted by molar-refractivity contribution is -0.114. The van der Waals surface area contributed by atoms with Crippen LogP contribution in [-0.4, -0.2) is 26.6 Å². The second-order valence-electron chi connectivity index (χ2n) is 7.00. The number of aromatic nitrogens is 1. The number of methoxy groups -OCH3 is 1. The Balaban J connectivity index is 1.94. The van der Waals surface area contributed by atoms with Gasteiger partial charge in [0, 0.05) is 11.9 Å². The molecule has 1 aromatic heterocycles. The zero-order valence-corrected chi connectivity index (χ0v) is 19.5. The average molecular weight is 476 g/mol. The minimum atomic E-state index is -3.97. The van der Waals surface area contributed by atoms with Gasteiger partial charge < -0.3 is 14.6 Å². The Morgan fingerprint density at radius 3 is 2.56 bits per heavy atom. The summed E-state index contributed by atoms with van der Waals surface area (Å²) in [6, 6.07) is 9.61. The number of halogens is 1. The quantitative estimate of drug-likeness (QED) is 0.503. The van der Waals surface area contributed by atoms with Crippen LogP contribution in [0.5, 0.6) is 5.75 Å². The molecule has 32 heavy (non-hydrogen) atoms. The summed E-state index contributed by atoms with van der Waals surface area (Å²) in [6.07, 6.45) is 3.24. The highest BCUT2D eigenvalue weighted by atomic mass is 35.5. The van der Waals surface area contributed by atoms with E-state index in [9.17, 15) is 13.2 Å². The fourth-order valence-electron chi connectivity index (χ4n) is 2.87. The lowest BCUT2D eigenvalue weighted by Crippen LogP contribution is -2.14. The molecule has 0 radical (unpaired) electrons. The van der Waals surface area contributed by atoms with Crippen molar-refractivity contribution in [3.05, 3.63) is 64.0 Å². The largest absolute Gasteiger partial charge is 0.495 e. The minimum absolute atomic E-state index is 0.0466. The van der Waals surface area contributed by atoms with Gasteiger partial charge in [-0.25, -0.2) is 8.42 Å². The molecule has 0 saturated carbocycles. The zero-order chi connectivity index (χ0) is 23.5. The third kappa shape index (κ3) is 5.30. The lowest BCUT2D eigenvalue weighted by atomic mass is 10.2. The van der Waals surface area contributed by atoms with Gasteiger partial charge in [-0.05, 0) is 55.3 Å². The Morgan fingerprint density at radius 2 is 1.91 bits per heavy atom. The molecule has 0 fully saturated rings. The van der Waals surface area contributed by atoms with Gasteiger partial charge in [0.25, 0.3) is 10.0 Å². The first kappa shape index (κ1) is 23.4. The molecular weight excluding hydrogens is 454 g/mol. The van der Waals surface area contributed by atoms with Gasteiger partial charge in [0.15, 0.2) is 5.76 Å². The maximum atomic E-state index is 13.0. The number of aryl methyl sites for hydroxylation is 2. The van der Waals surface area contributed by atoms with Crippen molar-refractivity contribution in [1.82, 2.24) is 5.16 Å². The molecule has 1 heterocycles. The number of amides is 1. The van der Waals surface area contributed by atoms with Crippen LogP contribution in [0.1, 0.15) is 29.5 Å². The summed E-state index contributed by atoms with van der Waals surface area (Å²) in [5, 5.41) is 6.96. The Morgan fingerprint density at radius 1 is 1.16 bits per heavy atom. The van der Waals surface area contributed by atoms with Crippen molar-refractivity contribution < 1.29 is 22.5 Å². The summed E-state index contributed by atoms with van der Waals surface area (Å²) >= 11 is 6.11. The summed E-state index contributed by atoms with van der Waals surface area (Å²) in [7, 11) is -2.58. The predicted molar refractivity (Wildman–Crippen MR) is 124 cm³/mol. The van der Waals surface area contributed by atoms with E-state index in [0.29, 0.717) is 33.4 Å². The molecule has 3 aromatic rings. The second kappa shape index (κ2) is 9.46. The average Bonchev–Trinajstić information content (AvgIpc) is 3.07. The first-order chi connectivity index (χ1) is 15.1. The van der Waals surface area contributed by atoms with Gasteiger partial charge in [0.1, 0.15) is 22.0 Å². The number of anilines is 2. The van der Waals surface area contributed by atoms with Crippen molar-refractivity contribution >= 4 is 51.1 Å². The molecule has 1 amide bonds. The van der Waals surface area contributed by atoms with E-state index in [-0.39, 0.29) is 16.6 Å². The van der Waals surface area contributed by atoms with Gasteiger partial charge in [-0.1, -0.05) is 35.0 Å². The Kier molecular flexibility index (Phi) is 6.90. The van der Waals surface area contributed by atoms with Gasteiger partial charge in [0.05, 0.1) is 12.8 Å². The lowest BCUT2D eigenvalue weighted by Gasteiger charge is -2.13. The molecule has 0 saturated heterocycles. The van der Waals surface area contributed by atoms with Gasteiger partial charge >= 0.3 is 0 Å². The van der Waals surface area contributed by atoms with Crippen LogP contribution in [0.15, 0.2) is 45.8 Å². The van der Waals surface area contributed by atoms with Crippen LogP contribution in [0.25, 0.3) is 12.2 Å². The highest BCUT2D eigenvalue weighted by Crippen LogP contribution is 2.29. The van der Waals surface area contributed by atoms with E-state index in [2.05, 4.69) is 15.2 Å². The van der Waals surface area contributed by atoms with Crippen LogP contribution in [0, 0.1) is 13.8 Å². The number of sulfonamides is 1. The molecule has 0 bridgehead atoms. The minimum Gasteiger partial charge on any atom is -0.495 e. The highest BCUT2D eigenvalue weighted by molar-refractivity contribution is 7.92. The number of ether oxygens (including phenoxy) is 1. The Labute approximate surface area is 191 Å². The summed E-state index contributed by atoms with van der Waals surface area (Å²) in [6.45, 7) is 4.91. The summed E-state index contributed by atoms with van der Waals surface area (Å²) in [4.78, 5) is 11.4. The normalized spacial score (nSPS) is 11.5. The van der Waals surface area contributed by atoms with Crippen LogP contribution in [0.2, 0.25) is 5.02 Å². The van der Waals surface area contributed by atoms with Crippen LogP contribution in [0.4, 0.5) is 11.4 Å². The van der Waals surface area contributed by atoms with Crippen molar-refractivity contribution in [2.45, 2.75) is 25.7 Å². The highest BCUT2D eigenvalue weighted by Gasteiger charge is 2.20. The molecule has 0 atom stereocenters. The summed E-state index contributed by atoms with van der Waals surface area (Å²) < 4.78 is 39.1. The number of rotatable bonds is 7. The van der Waals surface area contributed by atoms with Gasteiger partial charge in [-0.3, -0.25) is 9.52 Å². The molecule has 0 aliphatic rings. The zero-order valence-electron chi connectivity index (χ0n) is 17.9. The molecule has 2 N–H and O–H groups in total. The number of nitrogens with zero attached hydrogens (tertiary/aromatic N) is 1. The molecule has 0 aliphatic heterocycles. The molecule has 0 aliphatic carbocycles. The standard InChI is InChI=1S/C22H22ClN3O5S/c1-13-5-8-17(12-18(13)23)26-32(28,29)21-11-16(6-9-19(21)30-4)7-10-20-22(24-15(3)27)14(2)25-31-20/h5-12,26H,1-4H3,(H,24,27). The van der Waals surface area contributed by atoms with E-state index in [4.69, 9.17) is 20.9 Å². The van der Waals surface area contributed by atoms with E-state index in [1.54, 1.807) is 49.4 Å². The molecule has 3 rings (SSSR count). The van der Waals surface area contributed by atoms with Crippen molar-refractivity contribution in [2.24, 2.45) is 0 Å². The number of benzene rings is 2. The molecule has 168 valence electrons. The third-order valence-electron chi connectivity index (χ3n) is 4.52. The topological polar surface area (TPSA) is 111 Å². The number of carbonyl (C=O) groups is 1. The van der Waals surface area contributed by atoms with Gasteiger partial charge in [-0.2, -0.15) is 0 Å². The summed E-state index contributed by atoms with van der Waals surface area (Å²) in [5.74, 6) is 0.263. The number of hydrogen-bond donors (Lipinski definition) is 2. The molecular formula is C22H22ClN3O5S. The number of carbonyl (C=O) groups excluding carboxylic acids is 1. The van der Waals surface area contributed by atoms with E-state index < -0.39 is 10.0 Å². The molecule has 0 spiro atoms. The van der Waals surface area contributed by atoms with Crippen LogP contribution in [0.3, 0.4) is 0 Å². The van der Waals surface area contributed by atoms with Crippen molar-refractivity contribution in [2.75, 3.05) is 17.1 Å². The Bertz CT molecular complexity index is 1300.